The molecule has 0 unspecified atom stereocenters. The predicted octanol–water partition coefficient (Wildman–Crippen LogP) is 2.95. The van der Waals surface area contributed by atoms with Crippen molar-refractivity contribution in [2.45, 2.75) is 26.2 Å². The van der Waals surface area contributed by atoms with Gasteiger partial charge in [0.2, 0.25) is 5.91 Å². The molecule has 1 amide bonds. The average Bonchev–Trinajstić information content (AvgIpc) is 2.63. The second kappa shape index (κ2) is 11.0. The Kier molecular flexibility index (Phi) is 8.56. The van der Waals surface area contributed by atoms with E-state index in [-0.39, 0.29) is 11.8 Å². The van der Waals surface area contributed by atoms with Crippen molar-refractivity contribution in [3.63, 3.8) is 0 Å². The number of benzene rings is 1. The van der Waals surface area contributed by atoms with E-state index in [1.54, 1.807) is 0 Å². The van der Waals surface area contributed by atoms with Crippen LogP contribution in [-0.2, 0) is 9.53 Å². The fourth-order valence-corrected chi connectivity index (χ4v) is 2.95. The van der Waals surface area contributed by atoms with Crippen LogP contribution in [-0.4, -0.2) is 50.2 Å². The summed E-state index contributed by atoms with van der Waals surface area (Å²) in [5.74, 6) is 0.387. The van der Waals surface area contributed by atoms with Gasteiger partial charge in [0, 0.05) is 32.2 Å². The van der Waals surface area contributed by atoms with Crippen molar-refractivity contribution in [1.82, 2.24) is 10.2 Å². The highest BCUT2D eigenvalue weighted by Gasteiger charge is 2.23. The van der Waals surface area contributed by atoms with Crippen LogP contribution in [0.3, 0.4) is 0 Å². The Balaban J connectivity index is 1.60. The summed E-state index contributed by atoms with van der Waals surface area (Å²) in [6, 6.07) is 10.4. The Morgan fingerprint density at radius 3 is 2.75 bits per heavy atom. The molecule has 0 aromatic heterocycles. The molecule has 1 aliphatic heterocycles. The van der Waals surface area contributed by atoms with E-state index >= 15 is 0 Å². The maximum Gasteiger partial charge on any atom is 0.223 e. The zero-order valence-corrected chi connectivity index (χ0v) is 14.7. The molecule has 2 rings (SSSR count). The summed E-state index contributed by atoms with van der Waals surface area (Å²) in [7, 11) is 0. The number of ether oxygens (including phenoxy) is 1. The summed E-state index contributed by atoms with van der Waals surface area (Å²) in [4.78, 5) is 14.6. The number of nitrogens with one attached hydrogen (secondary N) is 1. The van der Waals surface area contributed by atoms with Crippen LogP contribution < -0.4 is 5.32 Å². The zero-order chi connectivity index (χ0) is 17.0. The van der Waals surface area contributed by atoms with Gasteiger partial charge in [0.15, 0.2) is 0 Å². The molecule has 1 fully saturated rings. The molecule has 0 bridgehead atoms. The number of hydrogen-bond donors (Lipinski definition) is 1. The molecule has 0 atom stereocenters. The van der Waals surface area contributed by atoms with Gasteiger partial charge in [-0.15, -0.1) is 0 Å². The molecule has 24 heavy (non-hydrogen) atoms. The van der Waals surface area contributed by atoms with E-state index in [9.17, 15) is 4.79 Å². The lowest BCUT2D eigenvalue weighted by Gasteiger charge is -2.30. The van der Waals surface area contributed by atoms with Gasteiger partial charge in [-0.1, -0.05) is 42.5 Å². The molecular weight excluding hydrogens is 300 g/mol. The van der Waals surface area contributed by atoms with Gasteiger partial charge in [-0.25, -0.2) is 0 Å². The Hall–Kier alpha value is -1.65. The molecule has 1 heterocycles. The lowest BCUT2D eigenvalue weighted by atomic mass is 9.96. The van der Waals surface area contributed by atoms with Crippen molar-refractivity contribution in [3.8, 4) is 0 Å². The molecule has 1 N–H and O–H groups in total. The van der Waals surface area contributed by atoms with Gasteiger partial charge in [0.1, 0.15) is 0 Å². The monoisotopic (exact) mass is 330 g/mol. The first-order chi connectivity index (χ1) is 11.8. The molecule has 1 saturated heterocycles. The Labute approximate surface area is 145 Å². The van der Waals surface area contributed by atoms with E-state index in [0.717, 1.165) is 58.7 Å². The van der Waals surface area contributed by atoms with Crippen LogP contribution in [0.1, 0.15) is 31.7 Å². The van der Waals surface area contributed by atoms with Crippen molar-refractivity contribution in [2.75, 3.05) is 39.4 Å². The maximum absolute atomic E-state index is 12.2. The summed E-state index contributed by atoms with van der Waals surface area (Å²) in [5, 5.41) is 3.04. The van der Waals surface area contributed by atoms with Gasteiger partial charge in [-0.2, -0.15) is 0 Å². The number of amides is 1. The van der Waals surface area contributed by atoms with Crippen LogP contribution in [0, 0.1) is 5.92 Å². The van der Waals surface area contributed by atoms with E-state index in [4.69, 9.17) is 4.74 Å². The number of rotatable bonds is 9. The standard InChI is InChI=1S/C20H30N2O2/c1-2-24-17-7-13-21-20(23)19-11-15-22(16-12-19)14-6-10-18-8-4-3-5-9-18/h3-6,8-10,19H,2,7,11-17H2,1H3,(H,21,23)/b10-6+. The fourth-order valence-electron chi connectivity index (χ4n) is 2.95. The first-order valence-electron chi connectivity index (χ1n) is 9.09. The Morgan fingerprint density at radius 2 is 2.04 bits per heavy atom. The van der Waals surface area contributed by atoms with Crippen molar-refractivity contribution >= 4 is 12.0 Å². The number of hydrogen-bond acceptors (Lipinski definition) is 3. The molecule has 1 aromatic carbocycles. The summed E-state index contributed by atoms with van der Waals surface area (Å²) in [6.07, 6.45) is 7.18. The first-order valence-corrected chi connectivity index (χ1v) is 9.09. The van der Waals surface area contributed by atoms with Gasteiger partial charge in [-0.3, -0.25) is 9.69 Å². The largest absolute Gasteiger partial charge is 0.382 e. The van der Waals surface area contributed by atoms with Crippen LogP contribution in [0.2, 0.25) is 0 Å². The lowest BCUT2D eigenvalue weighted by molar-refractivity contribution is -0.126. The van der Waals surface area contributed by atoms with Crippen LogP contribution in [0.15, 0.2) is 36.4 Å². The third-order valence-electron chi connectivity index (χ3n) is 4.40. The van der Waals surface area contributed by atoms with Crippen LogP contribution >= 0.6 is 0 Å². The van der Waals surface area contributed by atoms with Crippen LogP contribution in [0.25, 0.3) is 6.08 Å². The Bertz CT molecular complexity index is 494. The number of carbonyl (C=O) groups excluding carboxylic acids is 1. The Morgan fingerprint density at radius 1 is 1.29 bits per heavy atom. The van der Waals surface area contributed by atoms with Crippen LogP contribution in [0.4, 0.5) is 0 Å². The average molecular weight is 330 g/mol. The second-order valence-electron chi connectivity index (χ2n) is 6.23. The van der Waals surface area contributed by atoms with Gasteiger partial charge in [0.05, 0.1) is 0 Å². The zero-order valence-electron chi connectivity index (χ0n) is 14.7. The highest BCUT2D eigenvalue weighted by atomic mass is 16.5. The third kappa shape index (κ3) is 6.85. The molecule has 0 aliphatic carbocycles. The highest BCUT2D eigenvalue weighted by molar-refractivity contribution is 5.78. The molecular formula is C20H30N2O2. The second-order valence-corrected chi connectivity index (χ2v) is 6.23. The minimum atomic E-state index is 0.173. The number of nitrogens with zero attached hydrogens (tertiary/aromatic N) is 1. The van der Waals surface area contributed by atoms with Gasteiger partial charge in [0.25, 0.3) is 0 Å². The van der Waals surface area contributed by atoms with Crippen molar-refractivity contribution in [1.29, 1.82) is 0 Å². The van der Waals surface area contributed by atoms with Crippen molar-refractivity contribution in [3.05, 3.63) is 42.0 Å². The normalized spacial score (nSPS) is 16.5. The highest BCUT2D eigenvalue weighted by Crippen LogP contribution is 2.17. The molecule has 1 aromatic rings. The molecule has 0 radical (unpaired) electrons. The summed E-state index contributed by atoms with van der Waals surface area (Å²) >= 11 is 0. The molecule has 4 nitrogen and oxygen atoms in total. The summed E-state index contributed by atoms with van der Waals surface area (Å²) in [5.41, 5.74) is 1.24. The van der Waals surface area contributed by atoms with Crippen LogP contribution in [0.5, 0.6) is 0 Å². The molecule has 4 heteroatoms. The minimum absolute atomic E-state index is 0.173. The smallest absolute Gasteiger partial charge is 0.223 e. The molecule has 0 saturated carbocycles. The molecule has 0 spiro atoms. The summed E-state index contributed by atoms with van der Waals surface area (Å²) in [6.45, 7) is 7.12. The SMILES string of the molecule is CCOCCCNC(=O)C1CCN(C/C=C/c2ccccc2)CC1. The lowest BCUT2D eigenvalue weighted by Crippen LogP contribution is -2.40. The summed E-state index contributed by atoms with van der Waals surface area (Å²) < 4.78 is 5.28. The minimum Gasteiger partial charge on any atom is -0.382 e. The van der Waals surface area contributed by atoms with Crippen molar-refractivity contribution in [2.24, 2.45) is 5.92 Å². The van der Waals surface area contributed by atoms with E-state index in [0.29, 0.717) is 0 Å². The van der Waals surface area contributed by atoms with E-state index in [2.05, 4.69) is 46.6 Å². The van der Waals surface area contributed by atoms with Gasteiger partial charge in [-0.05, 0) is 44.8 Å². The quantitative estimate of drug-likeness (QED) is 0.708. The third-order valence-corrected chi connectivity index (χ3v) is 4.40. The van der Waals surface area contributed by atoms with Gasteiger partial charge < -0.3 is 10.1 Å². The number of piperidine rings is 1. The van der Waals surface area contributed by atoms with E-state index in [1.807, 2.05) is 13.0 Å². The maximum atomic E-state index is 12.2. The number of likely N-dealkylation sites (tertiary alicyclic amines) is 1. The molecule has 1 aliphatic rings. The van der Waals surface area contributed by atoms with E-state index < -0.39 is 0 Å². The van der Waals surface area contributed by atoms with Gasteiger partial charge >= 0.3 is 0 Å². The van der Waals surface area contributed by atoms with E-state index in [1.165, 1.54) is 5.56 Å². The number of carbonyl (C=O) groups is 1. The fraction of sp³-hybridized carbons (Fsp3) is 0.550. The first kappa shape index (κ1) is 18.7. The predicted molar refractivity (Wildman–Crippen MR) is 98.8 cm³/mol. The topological polar surface area (TPSA) is 41.6 Å². The van der Waals surface area contributed by atoms with Crippen molar-refractivity contribution < 1.29 is 9.53 Å². The molecule has 132 valence electrons.